The third-order valence-corrected chi connectivity index (χ3v) is 5.80. The zero-order chi connectivity index (χ0) is 24.8. The second-order valence-corrected chi connectivity index (χ2v) is 8.66. The van der Waals surface area contributed by atoms with Gasteiger partial charge < -0.3 is 24.4 Å². The first kappa shape index (κ1) is 25.6. The molecule has 0 aliphatic carbocycles. The molecule has 1 atom stereocenters. The molecule has 3 rings (SSSR count). The molecule has 1 aliphatic heterocycles. The Kier molecular flexibility index (Phi) is 8.58. The number of likely N-dealkylation sites (tertiary alicyclic amines) is 1. The number of nitrogens with zero attached hydrogens (tertiary/aromatic N) is 2. The van der Waals surface area contributed by atoms with E-state index < -0.39 is 17.7 Å². The summed E-state index contributed by atoms with van der Waals surface area (Å²) in [7, 11) is 3.90. The number of halogens is 1. The van der Waals surface area contributed by atoms with E-state index in [1.54, 1.807) is 42.5 Å². The Hall–Kier alpha value is -3.03. The lowest BCUT2D eigenvalue weighted by Gasteiger charge is -2.26. The molecule has 0 bridgehead atoms. The summed E-state index contributed by atoms with van der Waals surface area (Å²) in [6.07, 6.45) is 0.678. The Morgan fingerprint density at radius 2 is 1.74 bits per heavy atom. The second-order valence-electron chi connectivity index (χ2n) is 8.22. The molecule has 0 saturated carbocycles. The standard InChI is InChI=1S/C26H31ClN2O5/c1-5-33-19-12-13-20(21(16-19)34-6-2)24(30)22-23(17-8-10-18(27)11-9-17)29(26(32)25(22)31)15-7-14-28(3)4/h8-13,16,23,30H,5-7,14-15H2,1-4H3/b24-22-. The van der Waals surface area contributed by atoms with E-state index in [2.05, 4.69) is 0 Å². The second kappa shape index (κ2) is 11.4. The van der Waals surface area contributed by atoms with Crippen molar-refractivity contribution in [1.82, 2.24) is 9.80 Å². The molecule has 1 aliphatic rings. The van der Waals surface area contributed by atoms with E-state index >= 15 is 0 Å². The predicted molar refractivity (Wildman–Crippen MR) is 132 cm³/mol. The molecule has 0 spiro atoms. The fraction of sp³-hybridized carbons (Fsp3) is 0.385. The SMILES string of the molecule is CCOc1ccc(/C(O)=C2/C(=O)C(=O)N(CCCN(C)C)C2c2ccc(Cl)cc2)c(OCC)c1. The lowest BCUT2D eigenvalue weighted by molar-refractivity contribution is -0.139. The van der Waals surface area contributed by atoms with E-state index in [1.165, 1.54) is 4.90 Å². The van der Waals surface area contributed by atoms with Gasteiger partial charge in [-0.15, -0.1) is 0 Å². The molecule has 1 saturated heterocycles. The maximum absolute atomic E-state index is 13.2. The van der Waals surface area contributed by atoms with Gasteiger partial charge in [0, 0.05) is 17.6 Å². The molecule has 34 heavy (non-hydrogen) atoms. The monoisotopic (exact) mass is 486 g/mol. The van der Waals surface area contributed by atoms with Gasteiger partial charge in [0.05, 0.1) is 30.4 Å². The van der Waals surface area contributed by atoms with Crippen LogP contribution in [0.5, 0.6) is 11.5 Å². The molecule has 1 amide bonds. The maximum atomic E-state index is 13.2. The van der Waals surface area contributed by atoms with Crippen molar-refractivity contribution in [1.29, 1.82) is 0 Å². The van der Waals surface area contributed by atoms with Crippen molar-refractivity contribution in [3.63, 3.8) is 0 Å². The number of benzene rings is 2. The minimum atomic E-state index is -0.736. The molecule has 1 heterocycles. The number of hydrogen-bond donors (Lipinski definition) is 1. The number of ketones is 1. The van der Waals surface area contributed by atoms with Crippen LogP contribution >= 0.6 is 11.6 Å². The molecule has 0 radical (unpaired) electrons. The summed E-state index contributed by atoms with van der Waals surface area (Å²) in [5.74, 6) is -0.678. The topological polar surface area (TPSA) is 79.3 Å². The Bertz CT molecular complexity index is 1070. The summed E-state index contributed by atoms with van der Waals surface area (Å²) in [4.78, 5) is 29.8. The van der Waals surface area contributed by atoms with E-state index in [1.807, 2.05) is 32.8 Å². The van der Waals surface area contributed by atoms with Crippen LogP contribution in [0.2, 0.25) is 5.02 Å². The molecule has 1 N–H and O–H groups in total. The van der Waals surface area contributed by atoms with E-state index in [4.69, 9.17) is 21.1 Å². The van der Waals surface area contributed by atoms with Gasteiger partial charge in [0.15, 0.2) is 0 Å². The lowest BCUT2D eigenvalue weighted by atomic mass is 9.95. The van der Waals surface area contributed by atoms with Crippen molar-refractivity contribution in [3.8, 4) is 11.5 Å². The summed E-state index contributed by atoms with van der Waals surface area (Å²) in [5.41, 5.74) is 1.05. The van der Waals surface area contributed by atoms with E-state index in [9.17, 15) is 14.7 Å². The first-order chi connectivity index (χ1) is 16.3. The van der Waals surface area contributed by atoms with E-state index in [0.29, 0.717) is 53.8 Å². The van der Waals surface area contributed by atoms with Gasteiger partial charge >= 0.3 is 0 Å². The third kappa shape index (κ3) is 5.54. The van der Waals surface area contributed by atoms with Crippen molar-refractivity contribution >= 4 is 29.1 Å². The zero-order valence-corrected chi connectivity index (χ0v) is 20.8. The largest absolute Gasteiger partial charge is 0.507 e. The van der Waals surface area contributed by atoms with Gasteiger partial charge in [-0.1, -0.05) is 23.7 Å². The molecule has 1 fully saturated rings. The molecule has 7 nitrogen and oxygen atoms in total. The van der Waals surface area contributed by atoms with Gasteiger partial charge in [-0.3, -0.25) is 9.59 Å². The number of amides is 1. The molecule has 182 valence electrons. The van der Waals surface area contributed by atoms with Gasteiger partial charge in [-0.2, -0.15) is 0 Å². The van der Waals surface area contributed by atoms with Crippen LogP contribution < -0.4 is 9.47 Å². The Balaban J connectivity index is 2.13. The van der Waals surface area contributed by atoms with Gasteiger partial charge in [0.2, 0.25) is 0 Å². The number of carbonyl (C=O) groups excluding carboxylic acids is 2. The van der Waals surface area contributed by atoms with Gasteiger partial charge in [0.1, 0.15) is 17.3 Å². The highest BCUT2D eigenvalue weighted by Crippen LogP contribution is 2.41. The third-order valence-electron chi connectivity index (χ3n) is 5.55. The smallest absolute Gasteiger partial charge is 0.295 e. The van der Waals surface area contributed by atoms with Crippen molar-refractivity contribution in [2.75, 3.05) is 40.4 Å². The average Bonchev–Trinajstić information content (AvgIpc) is 3.05. The highest BCUT2D eigenvalue weighted by atomic mass is 35.5. The van der Waals surface area contributed by atoms with Crippen LogP contribution in [-0.2, 0) is 9.59 Å². The van der Waals surface area contributed by atoms with Gasteiger partial charge in [0.25, 0.3) is 11.7 Å². The first-order valence-electron chi connectivity index (χ1n) is 11.4. The van der Waals surface area contributed by atoms with Crippen LogP contribution in [-0.4, -0.2) is 67.0 Å². The number of aliphatic hydroxyl groups is 1. The fourth-order valence-corrected chi connectivity index (χ4v) is 4.16. The number of Topliss-reactive ketones (excluding diaryl/α,β-unsaturated/α-hetero) is 1. The Morgan fingerprint density at radius 3 is 2.35 bits per heavy atom. The van der Waals surface area contributed by atoms with Gasteiger partial charge in [-0.25, -0.2) is 0 Å². The van der Waals surface area contributed by atoms with Crippen molar-refractivity contribution < 1.29 is 24.2 Å². The number of rotatable bonds is 10. The molecule has 8 heteroatoms. The number of ether oxygens (including phenoxy) is 2. The number of hydrogen-bond acceptors (Lipinski definition) is 6. The zero-order valence-electron chi connectivity index (χ0n) is 20.0. The molecule has 2 aromatic rings. The lowest BCUT2D eigenvalue weighted by Crippen LogP contribution is -2.32. The predicted octanol–water partition coefficient (Wildman–Crippen LogP) is 4.51. The van der Waals surface area contributed by atoms with Crippen molar-refractivity contribution in [3.05, 3.63) is 64.2 Å². The first-order valence-corrected chi connectivity index (χ1v) is 11.7. The molecule has 0 aromatic heterocycles. The quantitative estimate of drug-likeness (QED) is 0.302. The van der Waals surface area contributed by atoms with E-state index in [-0.39, 0.29) is 11.3 Å². The molecular formula is C26H31ClN2O5. The Morgan fingerprint density at radius 1 is 1.06 bits per heavy atom. The summed E-state index contributed by atoms with van der Waals surface area (Å²) < 4.78 is 11.3. The molecule has 2 aromatic carbocycles. The minimum absolute atomic E-state index is 0.0299. The van der Waals surface area contributed by atoms with Crippen molar-refractivity contribution in [2.24, 2.45) is 0 Å². The summed E-state index contributed by atoms with van der Waals surface area (Å²) in [6, 6.07) is 11.2. The summed E-state index contributed by atoms with van der Waals surface area (Å²) in [5, 5.41) is 11.9. The van der Waals surface area contributed by atoms with Crippen LogP contribution in [0, 0.1) is 0 Å². The normalized spacial score (nSPS) is 17.5. The average molecular weight is 487 g/mol. The number of carbonyl (C=O) groups is 2. The number of aliphatic hydroxyl groups excluding tert-OH is 1. The van der Waals surface area contributed by atoms with Gasteiger partial charge in [-0.05, 0) is 70.7 Å². The summed E-state index contributed by atoms with van der Waals surface area (Å²) >= 11 is 6.08. The highest BCUT2D eigenvalue weighted by Gasteiger charge is 2.46. The summed E-state index contributed by atoms with van der Waals surface area (Å²) in [6.45, 7) is 5.66. The van der Waals surface area contributed by atoms with Crippen LogP contribution in [0.3, 0.4) is 0 Å². The van der Waals surface area contributed by atoms with E-state index in [0.717, 1.165) is 6.54 Å². The Labute approximate surface area is 205 Å². The van der Waals surface area contributed by atoms with Crippen molar-refractivity contribution in [2.45, 2.75) is 26.3 Å². The molecular weight excluding hydrogens is 456 g/mol. The minimum Gasteiger partial charge on any atom is -0.507 e. The highest BCUT2D eigenvalue weighted by molar-refractivity contribution is 6.46. The maximum Gasteiger partial charge on any atom is 0.295 e. The van der Waals surface area contributed by atoms with Crippen LogP contribution in [0.15, 0.2) is 48.0 Å². The molecule has 1 unspecified atom stereocenters. The van der Waals surface area contributed by atoms with Crippen LogP contribution in [0.4, 0.5) is 0 Å². The fourth-order valence-electron chi connectivity index (χ4n) is 4.03. The van der Waals surface area contributed by atoms with Crippen LogP contribution in [0.1, 0.15) is 37.4 Å². The van der Waals surface area contributed by atoms with Crippen LogP contribution in [0.25, 0.3) is 5.76 Å².